The number of carbonyl (C=O) groups excluding carboxylic acids is 1. The Hall–Kier alpha value is -1.59. The van der Waals surface area contributed by atoms with Crippen molar-refractivity contribution < 1.29 is 4.79 Å². The summed E-state index contributed by atoms with van der Waals surface area (Å²) in [7, 11) is 0. The summed E-state index contributed by atoms with van der Waals surface area (Å²) in [5.74, 6) is -0.0741. The fraction of sp³-hybridized carbons (Fsp3) is 0.500. The number of anilines is 1. The highest BCUT2D eigenvalue weighted by atomic mass is 35.5. The van der Waals surface area contributed by atoms with Gasteiger partial charge in [0.05, 0.1) is 17.3 Å². The average molecular weight is 323 g/mol. The van der Waals surface area contributed by atoms with Gasteiger partial charge < -0.3 is 11.1 Å². The molecule has 0 spiro atoms. The van der Waals surface area contributed by atoms with Crippen LogP contribution >= 0.6 is 12.4 Å². The molecule has 5 nitrogen and oxygen atoms in total. The topological polar surface area (TPSA) is 72.9 Å². The highest BCUT2D eigenvalue weighted by Crippen LogP contribution is 2.29. The first-order valence-electron chi connectivity index (χ1n) is 7.57. The lowest BCUT2D eigenvalue weighted by atomic mass is 9.98. The number of aromatic nitrogens is 2. The second kappa shape index (κ2) is 6.26. The fourth-order valence-electron chi connectivity index (χ4n) is 3.02. The molecule has 0 atom stereocenters. The number of hydrogen-bond donors (Lipinski definition) is 2. The minimum absolute atomic E-state index is 0. The van der Waals surface area contributed by atoms with Crippen LogP contribution in [0.5, 0.6) is 0 Å². The number of nitrogens with two attached hydrogens (primary N) is 1. The maximum atomic E-state index is 12.4. The van der Waals surface area contributed by atoms with Crippen molar-refractivity contribution in [2.75, 3.05) is 5.32 Å². The molecule has 1 aromatic carbocycles. The summed E-state index contributed by atoms with van der Waals surface area (Å²) in [5, 5.41) is 8.43. The molecule has 1 aliphatic rings. The van der Waals surface area contributed by atoms with Gasteiger partial charge in [-0.05, 0) is 44.9 Å². The molecule has 1 aromatic heterocycles. The van der Waals surface area contributed by atoms with Crippen molar-refractivity contribution in [3.8, 4) is 0 Å². The SMILES string of the molecule is CC(C)n1ncc2ccc(NC(=O)C3(N)CCCC3)cc21.Cl. The Morgan fingerprint density at radius 3 is 2.68 bits per heavy atom. The third kappa shape index (κ3) is 2.96. The van der Waals surface area contributed by atoms with Crippen molar-refractivity contribution in [1.29, 1.82) is 0 Å². The summed E-state index contributed by atoms with van der Waals surface area (Å²) in [6, 6.07) is 6.14. The molecule has 2 aromatic rings. The van der Waals surface area contributed by atoms with Gasteiger partial charge in [-0.25, -0.2) is 0 Å². The maximum Gasteiger partial charge on any atom is 0.244 e. The molecule has 0 aliphatic heterocycles. The van der Waals surface area contributed by atoms with Crippen LogP contribution in [0.3, 0.4) is 0 Å². The van der Waals surface area contributed by atoms with Gasteiger partial charge in [0.25, 0.3) is 0 Å². The number of halogens is 1. The lowest BCUT2D eigenvalue weighted by Crippen LogP contribution is -2.48. The highest BCUT2D eigenvalue weighted by Gasteiger charge is 2.36. The van der Waals surface area contributed by atoms with E-state index >= 15 is 0 Å². The zero-order chi connectivity index (χ0) is 15.0. The first-order chi connectivity index (χ1) is 9.99. The summed E-state index contributed by atoms with van der Waals surface area (Å²) in [6.07, 6.45) is 5.45. The number of carbonyl (C=O) groups is 1. The number of benzene rings is 1. The lowest BCUT2D eigenvalue weighted by molar-refractivity contribution is -0.121. The fourth-order valence-corrected chi connectivity index (χ4v) is 3.02. The molecule has 120 valence electrons. The van der Waals surface area contributed by atoms with Crippen molar-refractivity contribution in [2.24, 2.45) is 5.73 Å². The highest BCUT2D eigenvalue weighted by molar-refractivity contribution is 5.99. The van der Waals surface area contributed by atoms with E-state index in [1.165, 1.54) is 0 Å². The van der Waals surface area contributed by atoms with Gasteiger partial charge in [-0.15, -0.1) is 12.4 Å². The zero-order valence-electron chi connectivity index (χ0n) is 13.0. The van der Waals surface area contributed by atoms with Crippen LogP contribution in [0.25, 0.3) is 10.9 Å². The largest absolute Gasteiger partial charge is 0.324 e. The van der Waals surface area contributed by atoms with E-state index in [0.717, 1.165) is 42.3 Å². The zero-order valence-corrected chi connectivity index (χ0v) is 13.8. The van der Waals surface area contributed by atoms with Gasteiger partial charge >= 0.3 is 0 Å². The van der Waals surface area contributed by atoms with E-state index < -0.39 is 5.54 Å². The molecule has 22 heavy (non-hydrogen) atoms. The lowest BCUT2D eigenvalue weighted by Gasteiger charge is -2.22. The first-order valence-corrected chi connectivity index (χ1v) is 7.57. The third-order valence-electron chi connectivity index (χ3n) is 4.29. The Bertz CT molecular complexity index is 674. The number of rotatable bonds is 3. The molecule has 3 rings (SSSR count). The smallest absolute Gasteiger partial charge is 0.244 e. The van der Waals surface area contributed by atoms with Crippen LogP contribution in [-0.4, -0.2) is 21.2 Å². The van der Waals surface area contributed by atoms with Crippen LogP contribution in [0.1, 0.15) is 45.6 Å². The van der Waals surface area contributed by atoms with E-state index in [1.807, 2.05) is 29.1 Å². The van der Waals surface area contributed by atoms with Crippen LogP contribution < -0.4 is 11.1 Å². The minimum Gasteiger partial charge on any atom is -0.324 e. The van der Waals surface area contributed by atoms with Crippen molar-refractivity contribution in [3.05, 3.63) is 24.4 Å². The number of amides is 1. The number of hydrogen-bond acceptors (Lipinski definition) is 3. The van der Waals surface area contributed by atoms with Crippen LogP contribution in [0.2, 0.25) is 0 Å². The molecule has 3 N–H and O–H groups in total. The molecule has 1 amide bonds. The third-order valence-corrected chi connectivity index (χ3v) is 4.29. The van der Waals surface area contributed by atoms with Gasteiger partial charge in [-0.3, -0.25) is 9.48 Å². The predicted molar refractivity (Wildman–Crippen MR) is 91.4 cm³/mol. The summed E-state index contributed by atoms with van der Waals surface area (Å²) >= 11 is 0. The van der Waals surface area contributed by atoms with Crippen molar-refractivity contribution in [2.45, 2.75) is 51.1 Å². The number of fused-ring (bicyclic) bond motifs is 1. The molecular weight excluding hydrogens is 300 g/mol. The Morgan fingerprint density at radius 2 is 2.05 bits per heavy atom. The van der Waals surface area contributed by atoms with Gasteiger partial charge in [0, 0.05) is 17.1 Å². The van der Waals surface area contributed by atoms with Gasteiger partial charge in [0.2, 0.25) is 5.91 Å². The van der Waals surface area contributed by atoms with Gasteiger partial charge in [0.15, 0.2) is 0 Å². The Labute approximate surface area is 136 Å². The quantitative estimate of drug-likeness (QED) is 0.911. The number of nitrogens with zero attached hydrogens (tertiary/aromatic N) is 2. The summed E-state index contributed by atoms with van der Waals surface area (Å²) in [4.78, 5) is 12.4. The first kappa shape index (κ1) is 16.8. The summed E-state index contributed by atoms with van der Waals surface area (Å²) in [6.45, 7) is 4.18. The molecular formula is C16H23ClN4O. The molecule has 0 bridgehead atoms. The van der Waals surface area contributed by atoms with E-state index in [4.69, 9.17) is 5.73 Å². The molecule has 0 saturated heterocycles. The monoisotopic (exact) mass is 322 g/mol. The molecule has 6 heteroatoms. The van der Waals surface area contributed by atoms with Crippen LogP contribution in [0, 0.1) is 0 Å². The van der Waals surface area contributed by atoms with Gasteiger partial charge in [0.1, 0.15) is 0 Å². The molecule has 1 fully saturated rings. The standard InChI is InChI=1S/C16H22N4O.ClH/c1-11(2)20-14-9-13(6-5-12(14)10-18-20)19-15(21)16(17)7-3-4-8-16;/h5-6,9-11H,3-4,7-8,17H2,1-2H3,(H,19,21);1H. The molecule has 0 radical (unpaired) electrons. The Morgan fingerprint density at radius 1 is 1.36 bits per heavy atom. The van der Waals surface area contributed by atoms with Crippen molar-refractivity contribution >= 4 is 34.9 Å². The molecule has 1 saturated carbocycles. The van der Waals surface area contributed by atoms with E-state index in [1.54, 1.807) is 0 Å². The predicted octanol–water partition coefficient (Wildman–Crippen LogP) is 3.25. The average Bonchev–Trinajstić information content (AvgIpc) is 3.05. The molecule has 1 heterocycles. The van der Waals surface area contributed by atoms with E-state index in [0.29, 0.717) is 0 Å². The second-order valence-electron chi connectivity index (χ2n) is 6.27. The van der Waals surface area contributed by atoms with E-state index in [-0.39, 0.29) is 24.4 Å². The Kier molecular flexibility index (Phi) is 4.78. The van der Waals surface area contributed by atoms with Crippen LogP contribution in [0.4, 0.5) is 5.69 Å². The second-order valence-corrected chi connectivity index (χ2v) is 6.27. The summed E-state index contributed by atoms with van der Waals surface area (Å²) in [5.41, 5.74) is 7.30. The normalized spacial score (nSPS) is 16.7. The Balaban J connectivity index is 0.00000176. The van der Waals surface area contributed by atoms with E-state index in [9.17, 15) is 4.79 Å². The van der Waals surface area contributed by atoms with Crippen LogP contribution in [0.15, 0.2) is 24.4 Å². The maximum absolute atomic E-state index is 12.4. The molecule has 1 aliphatic carbocycles. The minimum atomic E-state index is -0.701. The van der Waals surface area contributed by atoms with Gasteiger partial charge in [-0.2, -0.15) is 5.10 Å². The van der Waals surface area contributed by atoms with Gasteiger partial charge in [-0.1, -0.05) is 12.8 Å². The van der Waals surface area contributed by atoms with Crippen molar-refractivity contribution in [3.63, 3.8) is 0 Å². The molecule has 0 unspecified atom stereocenters. The number of nitrogens with one attached hydrogen (secondary N) is 1. The van der Waals surface area contributed by atoms with Crippen molar-refractivity contribution in [1.82, 2.24) is 9.78 Å². The van der Waals surface area contributed by atoms with Crippen LogP contribution in [-0.2, 0) is 4.79 Å². The summed E-state index contributed by atoms with van der Waals surface area (Å²) < 4.78 is 1.96. The van der Waals surface area contributed by atoms with E-state index in [2.05, 4.69) is 24.3 Å².